The molecule has 94 valence electrons. The SMILES string of the molecule is CCOC(=O)CNc1cc(O)c(C)cc1OC. The van der Waals surface area contributed by atoms with Gasteiger partial charge in [0.25, 0.3) is 0 Å². The van der Waals surface area contributed by atoms with Gasteiger partial charge in [-0.05, 0) is 25.5 Å². The summed E-state index contributed by atoms with van der Waals surface area (Å²) in [5.41, 5.74) is 1.27. The van der Waals surface area contributed by atoms with Crippen molar-refractivity contribution < 1.29 is 19.4 Å². The van der Waals surface area contributed by atoms with Gasteiger partial charge in [-0.15, -0.1) is 0 Å². The summed E-state index contributed by atoms with van der Waals surface area (Å²) in [5.74, 6) is 0.372. The third-order valence-corrected chi connectivity index (χ3v) is 2.25. The second-order valence-electron chi connectivity index (χ2n) is 3.50. The molecule has 1 aromatic rings. The van der Waals surface area contributed by atoms with Crippen LogP contribution in [0, 0.1) is 6.92 Å². The van der Waals surface area contributed by atoms with Crippen LogP contribution in [-0.2, 0) is 9.53 Å². The van der Waals surface area contributed by atoms with Crippen molar-refractivity contribution in [3.63, 3.8) is 0 Å². The lowest BCUT2D eigenvalue weighted by atomic mass is 10.2. The molecule has 0 aliphatic heterocycles. The number of aryl methyl sites for hydroxylation is 1. The topological polar surface area (TPSA) is 67.8 Å². The molecule has 0 saturated carbocycles. The summed E-state index contributed by atoms with van der Waals surface area (Å²) >= 11 is 0. The zero-order valence-corrected chi connectivity index (χ0v) is 10.2. The smallest absolute Gasteiger partial charge is 0.325 e. The number of anilines is 1. The Labute approximate surface area is 100 Å². The van der Waals surface area contributed by atoms with Crippen molar-refractivity contribution in [2.45, 2.75) is 13.8 Å². The van der Waals surface area contributed by atoms with E-state index in [1.165, 1.54) is 13.2 Å². The lowest BCUT2D eigenvalue weighted by Gasteiger charge is -2.12. The summed E-state index contributed by atoms with van der Waals surface area (Å²) in [4.78, 5) is 11.2. The number of phenolic OH excluding ortho intramolecular Hbond substituents is 1. The molecule has 0 atom stereocenters. The number of nitrogens with one attached hydrogen (secondary N) is 1. The molecule has 17 heavy (non-hydrogen) atoms. The lowest BCUT2D eigenvalue weighted by Crippen LogP contribution is -2.17. The van der Waals surface area contributed by atoms with Crippen LogP contribution in [0.3, 0.4) is 0 Å². The van der Waals surface area contributed by atoms with Crippen molar-refractivity contribution in [2.24, 2.45) is 0 Å². The van der Waals surface area contributed by atoms with Gasteiger partial charge in [-0.25, -0.2) is 0 Å². The number of hydrogen-bond donors (Lipinski definition) is 2. The molecule has 0 radical (unpaired) electrons. The summed E-state index contributed by atoms with van der Waals surface area (Å²) in [7, 11) is 1.53. The molecule has 0 unspecified atom stereocenters. The second kappa shape index (κ2) is 5.98. The zero-order valence-electron chi connectivity index (χ0n) is 10.2. The molecule has 1 aromatic carbocycles. The molecule has 0 saturated heterocycles. The summed E-state index contributed by atoms with van der Waals surface area (Å²) in [6.45, 7) is 3.90. The molecular weight excluding hydrogens is 222 g/mol. The standard InChI is InChI=1S/C12H17NO4/c1-4-17-12(15)7-13-9-6-10(14)8(2)5-11(9)16-3/h5-6,13-14H,4,7H2,1-3H3. The number of benzene rings is 1. The van der Waals surface area contributed by atoms with Gasteiger partial charge in [0.05, 0.1) is 19.4 Å². The highest BCUT2D eigenvalue weighted by Crippen LogP contribution is 2.31. The van der Waals surface area contributed by atoms with Crippen LogP contribution < -0.4 is 10.1 Å². The first-order chi connectivity index (χ1) is 8.08. The Bertz CT molecular complexity index is 404. The molecule has 0 aromatic heterocycles. The fourth-order valence-corrected chi connectivity index (χ4v) is 1.36. The average molecular weight is 239 g/mol. The van der Waals surface area contributed by atoms with E-state index in [2.05, 4.69) is 5.32 Å². The minimum atomic E-state index is -0.352. The third kappa shape index (κ3) is 3.55. The Kier molecular flexibility index (Phi) is 4.63. The highest BCUT2D eigenvalue weighted by molar-refractivity contribution is 5.76. The molecule has 5 heteroatoms. The number of esters is 1. The lowest BCUT2D eigenvalue weighted by molar-refractivity contribution is -0.140. The van der Waals surface area contributed by atoms with Gasteiger partial charge in [0.15, 0.2) is 0 Å². The van der Waals surface area contributed by atoms with Crippen LogP contribution in [0.5, 0.6) is 11.5 Å². The van der Waals surface area contributed by atoms with E-state index >= 15 is 0 Å². The Morgan fingerprint density at radius 1 is 1.47 bits per heavy atom. The Balaban J connectivity index is 2.76. The first-order valence-corrected chi connectivity index (χ1v) is 5.35. The quantitative estimate of drug-likeness (QED) is 0.765. The average Bonchev–Trinajstić information content (AvgIpc) is 2.30. The number of ether oxygens (including phenoxy) is 2. The maximum atomic E-state index is 11.2. The third-order valence-electron chi connectivity index (χ3n) is 2.25. The van der Waals surface area contributed by atoms with Gasteiger partial charge in [-0.1, -0.05) is 0 Å². The summed E-state index contributed by atoms with van der Waals surface area (Å²) in [6, 6.07) is 3.22. The Morgan fingerprint density at radius 2 is 2.18 bits per heavy atom. The number of aromatic hydroxyl groups is 1. The molecule has 0 aliphatic carbocycles. The van der Waals surface area contributed by atoms with Crippen molar-refractivity contribution in [3.8, 4) is 11.5 Å². The number of carbonyl (C=O) groups is 1. The van der Waals surface area contributed by atoms with Gasteiger partial charge < -0.3 is 19.9 Å². The first kappa shape index (κ1) is 13.2. The second-order valence-corrected chi connectivity index (χ2v) is 3.50. The van der Waals surface area contributed by atoms with Gasteiger partial charge in [-0.3, -0.25) is 4.79 Å². The van der Waals surface area contributed by atoms with Gasteiger partial charge in [-0.2, -0.15) is 0 Å². The molecule has 1 rings (SSSR count). The largest absolute Gasteiger partial charge is 0.508 e. The molecule has 2 N–H and O–H groups in total. The van der Waals surface area contributed by atoms with Crippen molar-refractivity contribution in [1.29, 1.82) is 0 Å². The molecule has 0 bridgehead atoms. The van der Waals surface area contributed by atoms with Crippen molar-refractivity contribution >= 4 is 11.7 Å². The predicted octanol–water partition coefficient (Wildman–Crippen LogP) is 1.68. The molecule has 0 spiro atoms. The highest BCUT2D eigenvalue weighted by Gasteiger charge is 2.09. The fraction of sp³-hybridized carbons (Fsp3) is 0.417. The van der Waals surface area contributed by atoms with Crippen molar-refractivity contribution in [3.05, 3.63) is 17.7 Å². The minimum Gasteiger partial charge on any atom is -0.508 e. The summed E-state index contributed by atoms with van der Waals surface area (Å²) < 4.78 is 9.93. The van der Waals surface area contributed by atoms with Crippen molar-refractivity contribution in [2.75, 3.05) is 25.6 Å². The number of methoxy groups -OCH3 is 1. The van der Waals surface area contributed by atoms with E-state index in [4.69, 9.17) is 9.47 Å². The maximum absolute atomic E-state index is 11.2. The van der Waals surface area contributed by atoms with E-state index in [1.807, 2.05) is 0 Å². The van der Waals surface area contributed by atoms with E-state index in [0.29, 0.717) is 23.6 Å². The van der Waals surface area contributed by atoms with Crippen LogP contribution in [-0.4, -0.2) is 31.3 Å². The number of hydrogen-bond acceptors (Lipinski definition) is 5. The van der Waals surface area contributed by atoms with Crippen LogP contribution in [0.4, 0.5) is 5.69 Å². The predicted molar refractivity (Wildman–Crippen MR) is 64.5 cm³/mol. The molecule has 5 nitrogen and oxygen atoms in total. The number of rotatable bonds is 5. The maximum Gasteiger partial charge on any atom is 0.325 e. The Morgan fingerprint density at radius 3 is 2.76 bits per heavy atom. The first-order valence-electron chi connectivity index (χ1n) is 5.35. The van der Waals surface area contributed by atoms with Crippen LogP contribution in [0.25, 0.3) is 0 Å². The number of carbonyl (C=O) groups excluding carboxylic acids is 1. The summed E-state index contributed by atoms with van der Waals surface area (Å²) in [6.07, 6.45) is 0. The van der Waals surface area contributed by atoms with Crippen LogP contribution in [0.15, 0.2) is 12.1 Å². The molecule has 0 aliphatic rings. The molecule has 0 fully saturated rings. The monoisotopic (exact) mass is 239 g/mol. The van der Waals surface area contributed by atoms with Crippen molar-refractivity contribution in [1.82, 2.24) is 0 Å². The van der Waals surface area contributed by atoms with E-state index in [9.17, 15) is 9.90 Å². The van der Waals surface area contributed by atoms with Gasteiger partial charge in [0.1, 0.15) is 18.0 Å². The Hall–Kier alpha value is -1.91. The normalized spacial score (nSPS) is 9.82. The van der Waals surface area contributed by atoms with Gasteiger partial charge >= 0.3 is 5.97 Å². The van der Waals surface area contributed by atoms with Gasteiger partial charge in [0.2, 0.25) is 0 Å². The molecule has 0 amide bonds. The van der Waals surface area contributed by atoms with E-state index in [0.717, 1.165) is 0 Å². The van der Waals surface area contributed by atoms with Crippen LogP contribution >= 0.6 is 0 Å². The van der Waals surface area contributed by atoms with Crippen LogP contribution in [0.1, 0.15) is 12.5 Å². The highest BCUT2D eigenvalue weighted by atomic mass is 16.5. The molecular formula is C12H17NO4. The van der Waals surface area contributed by atoms with Gasteiger partial charge in [0, 0.05) is 6.07 Å². The van der Waals surface area contributed by atoms with E-state index in [-0.39, 0.29) is 18.3 Å². The van der Waals surface area contributed by atoms with E-state index in [1.54, 1.807) is 19.9 Å². The minimum absolute atomic E-state index is 0.0344. The number of phenols is 1. The molecule has 0 heterocycles. The van der Waals surface area contributed by atoms with E-state index < -0.39 is 0 Å². The summed E-state index contributed by atoms with van der Waals surface area (Å²) in [5, 5.41) is 12.4. The zero-order chi connectivity index (χ0) is 12.8. The van der Waals surface area contributed by atoms with Crippen LogP contribution in [0.2, 0.25) is 0 Å². The fourth-order valence-electron chi connectivity index (χ4n) is 1.36.